The van der Waals surface area contributed by atoms with Crippen molar-refractivity contribution in [3.63, 3.8) is 0 Å². The highest BCUT2D eigenvalue weighted by Gasteiger charge is 2.31. The smallest absolute Gasteiger partial charge is 0.174 e. The van der Waals surface area contributed by atoms with Crippen molar-refractivity contribution in [2.24, 2.45) is 5.92 Å². The van der Waals surface area contributed by atoms with E-state index in [9.17, 15) is 0 Å². The van der Waals surface area contributed by atoms with Crippen LogP contribution in [0.3, 0.4) is 0 Å². The Morgan fingerprint density at radius 3 is 2.81 bits per heavy atom. The second kappa shape index (κ2) is 8.19. The Morgan fingerprint density at radius 2 is 2.11 bits per heavy atom. The van der Waals surface area contributed by atoms with Gasteiger partial charge in [-0.25, -0.2) is 4.68 Å². The number of piperidine rings is 1. The van der Waals surface area contributed by atoms with Gasteiger partial charge in [0, 0.05) is 11.4 Å². The maximum Gasteiger partial charge on any atom is 0.174 e. The van der Waals surface area contributed by atoms with Crippen molar-refractivity contribution in [1.82, 2.24) is 25.1 Å². The number of hydrogen-bond acceptors (Lipinski definition) is 6. The maximum atomic E-state index is 5.25. The average molecular weight is 384 g/mol. The molecule has 4 rings (SSSR count). The van der Waals surface area contributed by atoms with Gasteiger partial charge in [-0.1, -0.05) is 25.1 Å². The van der Waals surface area contributed by atoms with Gasteiger partial charge in [-0.15, -0.1) is 16.4 Å². The third-order valence-electron chi connectivity index (χ3n) is 5.16. The fourth-order valence-electron chi connectivity index (χ4n) is 3.80. The molecule has 1 fully saturated rings. The summed E-state index contributed by atoms with van der Waals surface area (Å²) in [6.07, 6.45) is 2.52. The lowest BCUT2D eigenvalue weighted by Crippen LogP contribution is -2.38. The predicted molar refractivity (Wildman–Crippen MR) is 106 cm³/mol. The number of nitrogens with zero attached hydrogens (tertiary/aromatic N) is 5. The van der Waals surface area contributed by atoms with E-state index in [-0.39, 0.29) is 6.04 Å². The molecule has 0 amide bonds. The molecule has 0 unspecified atom stereocenters. The number of methoxy groups -OCH3 is 1. The molecule has 0 saturated carbocycles. The highest BCUT2D eigenvalue weighted by molar-refractivity contribution is 7.10. The van der Waals surface area contributed by atoms with Crippen LogP contribution in [0.2, 0.25) is 0 Å². The minimum atomic E-state index is 0.112. The summed E-state index contributed by atoms with van der Waals surface area (Å²) in [6, 6.07) is 12.5. The van der Waals surface area contributed by atoms with E-state index >= 15 is 0 Å². The molecule has 7 heteroatoms. The lowest BCUT2D eigenvalue weighted by molar-refractivity contribution is 0.144. The minimum absolute atomic E-state index is 0.112. The lowest BCUT2D eigenvalue weighted by Gasteiger charge is -2.36. The van der Waals surface area contributed by atoms with Crippen molar-refractivity contribution < 1.29 is 4.74 Å². The SMILES string of the molecule is COc1ccc(Cn2nnnc2[C@@H](c2cccs2)N2CCC[C@@H](C)C2)cc1. The Balaban J connectivity index is 1.64. The number of benzene rings is 1. The molecule has 3 heterocycles. The first-order chi connectivity index (χ1) is 13.2. The summed E-state index contributed by atoms with van der Waals surface area (Å²) in [5.74, 6) is 2.48. The Morgan fingerprint density at radius 1 is 1.26 bits per heavy atom. The molecule has 1 aromatic carbocycles. The fourth-order valence-corrected chi connectivity index (χ4v) is 4.66. The van der Waals surface area contributed by atoms with E-state index in [1.54, 1.807) is 18.4 Å². The summed E-state index contributed by atoms with van der Waals surface area (Å²) in [6.45, 7) is 5.15. The summed E-state index contributed by atoms with van der Waals surface area (Å²) in [4.78, 5) is 3.84. The first-order valence-electron chi connectivity index (χ1n) is 9.41. The van der Waals surface area contributed by atoms with Crippen LogP contribution in [0.1, 0.15) is 42.1 Å². The first kappa shape index (κ1) is 18.1. The van der Waals surface area contributed by atoms with Gasteiger partial charge in [-0.05, 0) is 64.9 Å². The predicted octanol–water partition coefficient (Wildman–Crippen LogP) is 3.61. The van der Waals surface area contributed by atoms with Gasteiger partial charge < -0.3 is 4.74 Å². The van der Waals surface area contributed by atoms with Crippen LogP contribution in [-0.4, -0.2) is 45.3 Å². The third-order valence-corrected chi connectivity index (χ3v) is 6.09. The van der Waals surface area contributed by atoms with Gasteiger partial charge in [0.1, 0.15) is 11.8 Å². The van der Waals surface area contributed by atoms with E-state index in [2.05, 4.69) is 57.0 Å². The molecular formula is C20H25N5OS. The molecule has 0 N–H and O–H groups in total. The van der Waals surface area contributed by atoms with Crippen LogP contribution in [0.25, 0.3) is 0 Å². The van der Waals surface area contributed by atoms with Crippen molar-refractivity contribution in [2.75, 3.05) is 20.2 Å². The molecule has 0 aliphatic carbocycles. The van der Waals surface area contributed by atoms with Crippen LogP contribution >= 0.6 is 11.3 Å². The maximum absolute atomic E-state index is 5.25. The van der Waals surface area contributed by atoms with Crippen molar-refractivity contribution in [3.05, 3.63) is 58.0 Å². The number of hydrogen-bond donors (Lipinski definition) is 0. The molecule has 1 aliphatic heterocycles. The standard InChI is InChI=1S/C20H25N5OS/c1-15-5-3-11-24(13-15)19(18-6-4-12-27-18)20-21-22-23-25(20)14-16-7-9-17(26-2)10-8-16/h4,6-10,12,15,19H,3,5,11,13-14H2,1-2H3/t15-,19-/m1/s1. The van der Waals surface area contributed by atoms with Crippen LogP contribution in [0, 0.1) is 5.92 Å². The zero-order valence-electron chi connectivity index (χ0n) is 15.8. The van der Waals surface area contributed by atoms with Gasteiger partial charge in [0.15, 0.2) is 5.82 Å². The van der Waals surface area contributed by atoms with E-state index in [1.807, 2.05) is 16.8 Å². The largest absolute Gasteiger partial charge is 0.497 e. The highest BCUT2D eigenvalue weighted by atomic mass is 32.1. The van der Waals surface area contributed by atoms with Crippen LogP contribution in [0.4, 0.5) is 0 Å². The monoisotopic (exact) mass is 383 g/mol. The number of tetrazole rings is 1. The Bertz CT molecular complexity index is 846. The summed E-state index contributed by atoms with van der Waals surface area (Å²) >= 11 is 1.78. The molecule has 0 bridgehead atoms. The molecule has 0 radical (unpaired) electrons. The second-order valence-electron chi connectivity index (χ2n) is 7.20. The number of rotatable bonds is 6. The van der Waals surface area contributed by atoms with E-state index in [1.165, 1.54) is 17.7 Å². The molecule has 1 aliphatic rings. The third kappa shape index (κ3) is 4.04. The Labute approximate surface area is 163 Å². The first-order valence-corrected chi connectivity index (χ1v) is 10.3. The second-order valence-corrected chi connectivity index (χ2v) is 8.18. The summed E-state index contributed by atoms with van der Waals surface area (Å²) in [5.41, 5.74) is 1.15. The fraction of sp³-hybridized carbons (Fsp3) is 0.450. The van der Waals surface area contributed by atoms with E-state index in [4.69, 9.17) is 4.74 Å². The number of ether oxygens (including phenoxy) is 1. The van der Waals surface area contributed by atoms with E-state index in [0.29, 0.717) is 12.5 Å². The number of likely N-dealkylation sites (tertiary alicyclic amines) is 1. The van der Waals surface area contributed by atoms with Gasteiger partial charge >= 0.3 is 0 Å². The topological polar surface area (TPSA) is 56.1 Å². The lowest BCUT2D eigenvalue weighted by atomic mass is 9.98. The summed E-state index contributed by atoms with van der Waals surface area (Å²) in [7, 11) is 1.68. The Hall–Kier alpha value is -2.25. The van der Waals surface area contributed by atoms with Gasteiger partial charge in [-0.3, -0.25) is 4.90 Å². The highest BCUT2D eigenvalue weighted by Crippen LogP contribution is 2.33. The zero-order valence-corrected chi connectivity index (χ0v) is 16.6. The molecule has 2 atom stereocenters. The number of thiophene rings is 1. The summed E-state index contributed by atoms with van der Waals surface area (Å²) in [5, 5.41) is 14.9. The molecule has 1 saturated heterocycles. The van der Waals surface area contributed by atoms with Crippen LogP contribution in [0.15, 0.2) is 41.8 Å². The van der Waals surface area contributed by atoms with Crippen molar-refractivity contribution in [3.8, 4) is 5.75 Å². The molecule has 3 aromatic rings. The van der Waals surface area contributed by atoms with Gasteiger partial charge in [0.25, 0.3) is 0 Å². The Kier molecular flexibility index (Phi) is 5.50. The molecular weight excluding hydrogens is 358 g/mol. The normalized spacial score (nSPS) is 19.1. The van der Waals surface area contributed by atoms with Crippen molar-refractivity contribution in [1.29, 1.82) is 0 Å². The molecule has 27 heavy (non-hydrogen) atoms. The van der Waals surface area contributed by atoms with E-state index in [0.717, 1.165) is 30.2 Å². The van der Waals surface area contributed by atoms with Crippen molar-refractivity contribution >= 4 is 11.3 Å². The molecule has 2 aromatic heterocycles. The van der Waals surface area contributed by atoms with Crippen molar-refractivity contribution in [2.45, 2.75) is 32.4 Å². The van der Waals surface area contributed by atoms with Crippen LogP contribution < -0.4 is 4.74 Å². The quantitative estimate of drug-likeness (QED) is 0.651. The van der Waals surface area contributed by atoms with Gasteiger partial charge in [-0.2, -0.15) is 0 Å². The summed E-state index contributed by atoms with van der Waals surface area (Å²) < 4.78 is 7.19. The van der Waals surface area contributed by atoms with Gasteiger partial charge in [0.2, 0.25) is 0 Å². The molecule has 0 spiro atoms. The average Bonchev–Trinajstić information content (AvgIpc) is 3.36. The number of aromatic nitrogens is 4. The zero-order chi connectivity index (χ0) is 18.6. The minimum Gasteiger partial charge on any atom is -0.497 e. The van der Waals surface area contributed by atoms with Crippen LogP contribution in [0.5, 0.6) is 5.75 Å². The molecule has 142 valence electrons. The van der Waals surface area contributed by atoms with Crippen LogP contribution in [-0.2, 0) is 6.54 Å². The molecule has 6 nitrogen and oxygen atoms in total. The van der Waals surface area contributed by atoms with E-state index < -0.39 is 0 Å². The van der Waals surface area contributed by atoms with Gasteiger partial charge in [0.05, 0.1) is 13.7 Å².